The molecule has 0 unspecified atom stereocenters. The molecular formula is C22H47O6P. The van der Waals surface area contributed by atoms with Crippen LogP contribution in [0, 0.1) is 0 Å². The maximum atomic E-state index is 12.7. The first-order valence-corrected chi connectivity index (χ1v) is 14.4. The Labute approximate surface area is 179 Å². The number of carbonyl (C=O) groups excluding carboxylic acids is 1. The van der Waals surface area contributed by atoms with E-state index >= 15 is 0 Å². The normalized spacial score (nSPS) is 13.2. The molecule has 0 saturated carbocycles. The van der Waals surface area contributed by atoms with Crippen molar-refractivity contribution in [2.24, 2.45) is 0 Å². The van der Waals surface area contributed by atoms with E-state index in [1.807, 2.05) is 0 Å². The Bertz CT molecular complexity index is 369. The third kappa shape index (κ3) is 12.2. The van der Waals surface area contributed by atoms with Crippen LogP contribution in [0.1, 0.15) is 59.8 Å². The summed E-state index contributed by atoms with van der Waals surface area (Å²) in [6.45, 7) is 10.0. The predicted molar refractivity (Wildman–Crippen MR) is 123 cm³/mol. The van der Waals surface area contributed by atoms with E-state index in [1.54, 1.807) is 7.11 Å². The molecule has 0 aromatic rings. The molecule has 0 aromatic carbocycles. The van der Waals surface area contributed by atoms with E-state index in [0.29, 0.717) is 52.7 Å². The van der Waals surface area contributed by atoms with Gasteiger partial charge in [0.15, 0.2) is 0 Å². The van der Waals surface area contributed by atoms with Crippen LogP contribution in [0.4, 0.5) is 0 Å². The summed E-state index contributed by atoms with van der Waals surface area (Å²) in [6.07, 6.45) is 8.88. The molecule has 0 fully saturated rings. The van der Waals surface area contributed by atoms with Crippen molar-refractivity contribution in [2.45, 2.75) is 59.8 Å². The van der Waals surface area contributed by atoms with Crippen molar-refractivity contribution in [1.29, 1.82) is 0 Å². The van der Waals surface area contributed by atoms with Crippen molar-refractivity contribution in [1.82, 2.24) is 0 Å². The molecule has 7 heteroatoms. The quantitative estimate of drug-likeness (QED) is 0.191. The molecule has 0 bridgehead atoms. The fourth-order valence-corrected chi connectivity index (χ4v) is 11.2. The Morgan fingerprint density at radius 2 is 1.00 bits per heavy atom. The van der Waals surface area contributed by atoms with Crippen molar-refractivity contribution in [2.75, 3.05) is 78.0 Å². The first kappa shape index (κ1) is 28.7. The molecule has 0 aliphatic carbocycles. The summed E-state index contributed by atoms with van der Waals surface area (Å²) in [7, 11) is 1.65. The molecule has 176 valence electrons. The summed E-state index contributed by atoms with van der Waals surface area (Å²) in [5.74, 6) is -0.0843. The van der Waals surface area contributed by atoms with Gasteiger partial charge in [-0.25, -0.2) is 0 Å². The molecule has 0 saturated heterocycles. The van der Waals surface area contributed by atoms with Gasteiger partial charge in [-0.05, 0) is 0 Å². The number of hydrogen-bond acceptors (Lipinski definition) is 6. The zero-order valence-corrected chi connectivity index (χ0v) is 20.6. The van der Waals surface area contributed by atoms with Crippen LogP contribution in [0.5, 0.6) is 0 Å². The van der Waals surface area contributed by atoms with Gasteiger partial charge in [0.05, 0.1) is 6.61 Å². The minimum Gasteiger partial charge on any atom is -0.382 e. The number of methoxy groups -OCH3 is 1. The SMILES string of the molecule is CCCP(CCC)(CCC)(CCC)OC(=O)CCOCCOCCOCCOC. The monoisotopic (exact) mass is 438 g/mol. The second kappa shape index (κ2) is 17.4. The first-order valence-electron chi connectivity index (χ1n) is 11.5. The van der Waals surface area contributed by atoms with Crippen LogP contribution >= 0.6 is 6.83 Å². The third-order valence-electron chi connectivity index (χ3n) is 5.14. The molecule has 0 atom stereocenters. The number of rotatable bonds is 21. The van der Waals surface area contributed by atoms with Crippen LogP contribution in [0.15, 0.2) is 0 Å². The van der Waals surface area contributed by atoms with Gasteiger partial charge in [-0.15, -0.1) is 0 Å². The van der Waals surface area contributed by atoms with E-state index in [1.165, 1.54) is 0 Å². The summed E-state index contributed by atoms with van der Waals surface area (Å²) in [6, 6.07) is 0. The molecule has 0 aliphatic heterocycles. The second-order valence-corrected chi connectivity index (χ2v) is 13.5. The van der Waals surface area contributed by atoms with Crippen molar-refractivity contribution < 1.29 is 28.3 Å². The van der Waals surface area contributed by atoms with Crippen molar-refractivity contribution in [3.8, 4) is 0 Å². The van der Waals surface area contributed by atoms with Crippen molar-refractivity contribution in [3.63, 3.8) is 0 Å². The standard InChI is InChI=1S/C22H47O6P/c1-6-18-29(19-7-2,20-8-3,21-9-4)28-22(23)10-11-25-14-15-27-17-16-26-13-12-24-5/h6-21H2,1-5H3. The van der Waals surface area contributed by atoms with Gasteiger partial charge in [0.25, 0.3) is 0 Å². The van der Waals surface area contributed by atoms with Crippen LogP contribution in [0.3, 0.4) is 0 Å². The Balaban J connectivity index is 4.28. The minimum atomic E-state index is -2.45. The third-order valence-corrected chi connectivity index (χ3v) is 12.2. The zero-order valence-electron chi connectivity index (χ0n) is 19.7. The van der Waals surface area contributed by atoms with Gasteiger partial charge in [-0.2, -0.15) is 0 Å². The summed E-state index contributed by atoms with van der Waals surface area (Å²) in [5.41, 5.74) is 0. The summed E-state index contributed by atoms with van der Waals surface area (Å²) >= 11 is 0. The molecule has 0 spiro atoms. The molecular weight excluding hydrogens is 391 g/mol. The average molecular weight is 439 g/mol. The van der Waals surface area contributed by atoms with Crippen LogP contribution < -0.4 is 0 Å². The Morgan fingerprint density at radius 1 is 0.621 bits per heavy atom. The van der Waals surface area contributed by atoms with Crippen molar-refractivity contribution >= 4 is 12.8 Å². The molecule has 29 heavy (non-hydrogen) atoms. The van der Waals surface area contributed by atoms with Crippen LogP contribution in [-0.4, -0.2) is 84.0 Å². The molecule has 6 nitrogen and oxygen atoms in total. The Morgan fingerprint density at radius 3 is 1.38 bits per heavy atom. The van der Waals surface area contributed by atoms with Crippen LogP contribution in [0.25, 0.3) is 0 Å². The van der Waals surface area contributed by atoms with Gasteiger partial charge in [0.2, 0.25) is 0 Å². The van der Waals surface area contributed by atoms with Gasteiger partial charge >= 0.3 is 160 Å². The Hall–Kier alpha value is -0.260. The van der Waals surface area contributed by atoms with E-state index in [2.05, 4.69) is 27.7 Å². The average Bonchev–Trinajstić information content (AvgIpc) is 2.67. The predicted octanol–water partition coefficient (Wildman–Crippen LogP) is 4.72. The number of hydrogen-bond donors (Lipinski definition) is 0. The van der Waals surface area contributed by atoms with Gasteiger partial charge in [0, 0.05) is 7.11 Å². The first-order chi connectivity index (χ1) is 14.0. The maximum absolute atomic E-state index is 12.7. The number of carbonyl (C=O) groups is 1. The summed E-state index contributed by atoms with van der Waals surface area (Å²) < 4.78 is 27.7. The van der Waals surface area contributed by atoms with Gasteiger partial charge in [0.1, 0.15) is 0 Å². The summed E-state index contributed by atoms with van der Waals surface area (Å²) in [4.78, 5) is 12.7. The summed E-state index contributed by atoms with van der Waals surface area (Å²) in [5, 5.41) is 0. The van der Waals surface area contributed by atoms with Gasteiger partial charge < -0.3 is 4.74 Å². The van der Waals surface area contributed by atoms with Crippen LogP contribution in [-0.2, 0) is 28.3 Å². The van der Waals surface area contributed by atoms with E-state index in [-0.39, 0.29) is 5.97 Å². The number of ether oxygens (including phenoxy) is 4. The fourth-order valence-electron chi connectivity index (χ4n) is 4.29. The molecule has 0 amide bonds. The molecule has 0 N–H and O–H groups in total. The van der Waals surface area contributed by atoms with E-state index in [9.17, 15) is 4.79 Å². The van der Waals surface area contributed by atoms with Crippen molar-refractivity contribution in [3.05, 3.63) is 0 Å². The molecule has 0 heterocycles. The Kier molecular flexibility index (Phi) is 17.3. The molecule has 0 rings (SSSR count). The fraction of sp³-hybridized carbons (Fsp3) is 0.955. The van der Waals surface area contributed by atoms with E-state index < -0.39 is 6.83 Å². The van der Waals surface area contributed by atoms with Gasteiger partial charge in [-0.3, -0.25) is 0 Å². The van der Waals surface area contributed by atoms with E-state index in [4.69, 9.17) is 23.5 Å². The minimum absolute atomic E-state index is 0.0843. The topological polar surface area (TPSA) is 63.2 Å². The van der Waals surface area contributed by atoms with Crippen LogP contribution in [0.2, 0.25) is 0 Å². The van der Waals surface area contributed by atoms with E-state index in [0.717, 1.165) is 50.3 Å². The molecule has 0 aliphatic rings. The van der Waals surface area contributed by atoms with Gasteiger partial charge in [-0.1, -0.05) is 0 Å². The zero-order chi connectivity index (χ0) is 21.9. The molecule has 0 aromatic heterocycles. The second-order valence-electron chi connectivity index (χ2n) is 7.80. The molecule has 0 radical (unpaired) electrons. The smallest absolute Gasteiger partial charge is 0.382 e.